The van der Waals surface area contributed by atoms with Crippen molar-refractivity contribution >= 4 is 11.9 Å². The average molecular weight is 256 g/mol. The molecule has 1 aliphatic heterocycles. The zero-order chi connectivity index (χ0) is 14.1. The van der Waals surface area contributed by atoms with Gasteiger partial charge in [-0.2, -0.15) is 0 Å². The summed E-state index contributed by atoms with van der Waals surface area (Å²) in [5.41, 5.74) is 4.58. The van der Waals surface area contributed by atoms with Crippen molar-refractivity contribution in [2.24, 2.45) is 11.1 Å². The first kappa shape index (κ1) is 15.0. The lowest BCUT2D eigenvalue weighted by molar-refractivity contribution is -0.158. The quantitative estimate of drug-likeness (QED) is 0.795. The van der Waals surface area contributed by atoms with E-state index in [1.807, 2.05) is 0 Å². The molecular weight excluding hydrogens is 232 g/mol. The van der Waals surface area contributed by atoms with E-state index in [1.165, 1.54) is 4.90 Å². The molecule has 0 aliphatic carbocycles. The number of hydrogen-bond acceptors (Lipinski definition) is 3. The second-order valence-electron chi connectivity index (χ2n) is 6.20. The van der Waals surface area contributed by atoms with Crippen molar-refractivity contribution in [3.05, 3.63) is 0 Å². The molecule has 1 saturated heterocycles. The lowest BCUT2D eigenvalue weighted by Crippen LogP contribution is -2.60. The number of amides is 1. The molecule has 0 bridgehead atoms. The largest absolute Gasteiger partial charge is 0.480 e. The molecule has 5 heteroatoms. The zero-order valence-corrected chi connectivity index (χ0v) is 11.7. The van der Waals surface area contributed by atoms with Crippen molar-refractivity contribution in [3.8, 4) is 0 Å². The Labute approximate surface area is 108 Å². The molecule has 0 aromatic rings. The summed E-state index contributed by atoms with van der Waals surface area (Å²) in [6.07, 6.45) is 2.24. The Morgan fingerprint density at radius 2 is 1.78 bits per heavy atom. The Balaban J connectivity index is 2.97. The fourth-order valence-electron chi connectivity index (χ4n) is 2.07. The lowest BCUT2D eigenvalue weighted by atomic mass is 9.73. The topological polar surface area (TPSA) is 83.6 Å². The van der Waals surface area contributed by atoms with Crippen LogP contribution in [0.3, 0.4) is 0 Å². The highest BCUT2D eigenvalue weighted by atomic mass is 16.4. The van der Waals surface area contributed by atoms with Crippen LogP contribution in [0.1, 0.15) is 47.0 Å². The number of carbonyl (C=O) groups excluding carboxylic acids is 1. The third-order valence-corrected chi connectivity index (χ3v) is 4.19. The molecule has 1 fully saturated rings. The van der Waals surface area contributed by atoms with Crippen molar-refractivity contribution in [3.63, 3.8) is 0 Å². The molecule has 0 aromatic heterocycles. The number of likely N-dealkylation sites (tertiary alicyclic amines) is 1. The summed E-state index contributed by atoms with van der Waals surface area (Å²) in [6, 6.07) is -0.701. The van der Waals surface area contributed by atoms with Crippen LogP contribution < -0.4 is 5.73 Å². The molecule has 18 heavy (non-hydrogen) atoms. The first-order chi connectivity index (χ1) is 8.09. The van der Waals surface area contributed by atoms with Gasteiger partial charge in [0.05, 0.1) is 5.41 Å². The average Bonchev–Trinajstić information content (AvgIpc) is 2.26. The molecule has 0 spiro atoms. The maximum absolute atomic E-state index is 12.6. The highest BCUT2D eigenvalue weighted by Gasteiger charge is 2.45. The summed E-state index contributed by atoms with van der Waals surface area (Å²) in [5.74, 6) is -1.09. The molecule has 1 aliphatic rings. The van der Waals surface area contributed by atoms with Gasteiger partial charge < -0.3 is 15.7 Å². The molecule has 104 valence electrons. The molecule has 1 heterocycles. The zero-order valence-electron chi connectivity index (χ0n) is 11.7. The van der Waals surface area contributed by atoms with Crippen LogP contribution in [0.25, 0.3) is 0 Å². The van der Waals surface area contributed by atoms with Gasteiger partial charge in [-0.25, -0.2) is 4.79 Å². The summed E-state index contributed by atoms with van der Waals surface area (Å²) >= 11 is 0. The minimum absolute atomic E-state index is 0.165. The smallest absolute Gasteiger partial charge is 0.326 e. The summed E-state index contributed by atoms with van der Waals surface area (Å²) in [5, 5.41) is 9.20. The van der Waals surface area contributed by atoms with Gasteiger partial charge in [0.2, 0.25) is 5.91 Å². The van der Waals surface area contributed by atoms with Gasteiger partial charge in [0.15, 0.2) is 0 Å². The van der Waals surface area contributed by atoms with Gasteiger partial charge in [0, 0.05) is 12.1 Å². The molecular formula is C13H24N2O3. The maximum Gasteiger partial charge on any atom is 0.326 e. The van der Waals surface area contributed by atoms with E-state index in [0.29, 0.717) is 13.0 Å². The van der Waals surface area contributed by atoms with Crippen molar-refractivity contribution in [2.45, 2.75) is 58.5 Å². The minimum atomic E-state index is -0.923. The van der Waals surface area contributed by atoms with E-state index in [9.17, 15) is 14.7 Å². The van der Waals surface area contributed by atoms with E-state index >= 15 is 0 Å². The number of hydrogen-bond donors (Lipinski definition) is 2. The molecule has 1 amide bonds. The van der Waals surface area contributed by atoms with Crippen molar-refractivity contribution in [1.29, 1.82) is 0 Å². The maximum atomic E-state index is 12.6. The number of aliphatic carboxylic acids is 1. The molecule has 0 unspecified atom stereocenters. The van der Waals surface area contributed by atoms with Crippen LogP contribution in [0, 0.1) is 5.41 Å². The first-order valence-corrected chi connectivity index (χ1v) is 6.42. The molecule has 5 nitrogen and oxygen atoms in total. The third kappa shape index (κ3) is 2.66. The minimum Gasteiger partial charge on any atom is -0.480 e. The van der Waals surface area contributed by atoms with E-state index < -0.39 is 23.0 Å². The van der Waals surface area contributed by atoms with Crippen LogP contribution in [0.4, 0.5) is 0 Å². The fraction of sp³-hybridized carbons (Fsp3) is 0.846. The number of carboxylic acid groups (broad SMARTS) is 1. The number of nitrogens with two attached hydrogens (primary N) is 1. The molecule has 1 rings (SSSR count). The summed E-state index contributed by atoms with van der Waals surface area (Å²) < 4.78 is 0. The van der Waals surface area contributed by atoms with Crippen LogP contribution in [0.2, 0.25) is 0 Å². The Morgan fingerprint density at radius 1 is 1.22 bits per heavy atom. The number of carboxylic acids is 1. The van der Waals surface area contributed by atoms with E-state index in [-0.39, 0.29) is 5.91 Å². The van der Waals surface area contributed by atoms with Crippen molar-refractivity contribution in [2.75, 3.05) is 6.54 Å². The second-order valence-corrected chi connectivity index (χ2v) is 6.20. The monoisotopic (exact) mass is 256 g/mol. The number of rotatable bonds is 3. The Bertz CT molecular complexity index is 345. The number of carbonyl (C=O) groups is 2. The Hall–Kier alpha value is -1.10. The number of piperidine rings is 1. The predicted octanol–water partition coefficient (Wildman–Crippen LogP) is 1.22. The summed E-state index contributed by atoms with van der Waals surface area (Å²) in [7, 11) is 0. The van der Waals surface area contributed by atoms with Crippen LogP contribution in [0.15, 0.2) is 0 Å². The van der Waals surface area contributed by atoms with Crippen LogP contribution in [-0.2, 0) is 9.59 Å². The molecule has 0 radical (unpaired) electrons. The first-order valence-electron chi connectivity index (χ1n) is 6.42. The van der Waals surface area contributed by atoms with Crippen molar-refractivity contribution in [1.82, 2.24) is 4.90 Å². The van der Waals surface area contributed by atoms with Crippen molar-refractivity contribution < 1.29 is 14.7 Å². The lowest BCUT2D eigenvalue weighted by Gasteiger charge is -2.43. The molecule has 1 atom stereocenters. The Morgan fingerprint density at radius 3 is 2.22 bits per heavy atom. The third-order valence-electron chi connectivity index (χ3n) is 4.19. The Kier molecular flexibility index (Phi) is 4.05. The van der Waals surface area contributed by atoms with Crippen LogP contribution in [0.5, 0.6) is 0 Å². The van der Waals surface area contributed by atoms with Gasteiger partial charge in [0.1, 0.15) is 6.04 Å². The number of nitrogens with zero attached hydrogens (tertiary/aromatic N) is 1. The predicted molar refractivity (Wildman–Crippen MR) is 69.0 cm³/mol. The molecule has 0 saturated carbocycles. The normalized spacial score (nSPS) is 21.8. The van der Waals surface area contributed by atoms with Crippen LogP contribution >= 0.6 is 0 Å². The molecule has 3 N–H and O–H groups in total. The highest BCUT2D eigenvalue weighted by Crippen LogP contribution is 2.33. The van der Waals surface area contributed by atoms with E-state index in [4.69, 9.17) is 5.73 Å². The molecule has 0 aromatic carbocycles. The van der Waals surface area contributed by atoms with E-state index in [2.05, 4.69) is 0 Å². The van der Waals surface area contributed by atoms with Gasteiger partial charge in [-0.3, -0.25) is 4.79 Å². The van der Waals surface area contributed by atoms with E-state index in [0.717, 1.165) is 12.8 Å². The fourth-order valence-corrected chi connectivity index (χ4v) is 2.07. The van der Waals surface area contributed by atoms with Gasteiger partial charge in [-0.1, -0.05) is 0 Å². The van der Waals surface area contributed by atoms with Crippen LogP contribution in [-0.4, -0.2) is 40.0 Å². The standard InChI is InChI=1S/C13H24N2O3/c1-12(2,13(3,4)14)11(18)15-8-6-5-7-9(15)10(16)17/h9H,5-8,14H2,1-4H3,(H,16,17)/t9-/m1/s1. The summed E-state index contributed by atoms with van der Waals surface area (Å²) in [4.78, 5) is 25.3. The SMILES string of the molecule is CC(C)(N)C(C)(C)C(=O)N1CCCC[C@@H]1C(=O)O. The summed E-state index contributed by atoms with van der Waals surface area (Å²) in [6.45, 7) is 7.66. The second kappa shape index (κ2) is 4.88. The highest BCUT2D eigenvalue weighted by molar-refractivity contribution is 5.88. The van der Waals surface area contributed by atoms with Gasteiger partial charge in [0.25, 0.3) is 0 Å². The van der Waals surface area contributed by atoms with E-state index in [1.54, 1.807) is 27.7 Å². The van der Waals surface area contributed by atoms with Gasteiger partial charge in [-0.15, -0.1) is 0 Å². The van der Waals surface area contributed by atoms with Gasteiger partial charge >= 0.3 is 5.97 Å². The van der Waals surface area contributed by atoms with Gasteiger partial charge in [-0.05, 0) is 47.0 Å².